The van der Waals surface area contributed by atoms with Gasteiger partial charge in [0.15, 0.2) is 0 Å². The van der Waals surface area contributed by atoms with Gasteiger partial charge in [0.05, 0.1) is 0 Å². The molecule has 1 aromatic heterocycles. The van der Waals surface area contributed by atoms with E-state index in [1.807, 2.05) is 11.3 Å². The van der Waals surface area contributed by atoms with Crippen LogP contribution in [-0.2, 0) is 5.41 Å². The lowest BCUT2D eigenvalue weighted by atomic mass is 9.78. The van der Waals surface area contributed by atoms with Crippen molar-refractivity contribution in [3.05, 3.63) is 22.4 Å². The Labute approximate surface area is 124 Å². The standard InChI is InChI=1S/C18H32S/c1-4-6-8-9-11-15-18(3,14-10-7-5-2)17-13-12-16-19-17/h12-13,16H,4-11,14-15H2,1-3H3. The van der Waals surface area contributed by atoms with E-state index in [4.69, 9.17) is 0 Å². The van der Waals surface area contributed by atoms with Gasteiger partial charge in [0.2, 0.25) is 0 Å². The summed E-state index contributed by atoms with van der Waals surface area (Å²) in [5.41, 5.74) is 0.440. The predicted molar refractivity (Wildman–Crippen MR) is 89.2 cm³/mol. The molecule has 0 aliphatic heterocycles. The van der Waals surface area contributed by atoms with E-state index < -0.39 is 0 Å². The molecule has 0 saturated carbocycles. The first-order valence-electron chi connectivity index (χ1n) is 8.27. The van der Waals surface area contributed by atoms with Crippen molar-refractivity contribution in [3.8, 4) is 0 Å². The summed E-state index contributed by atoms with van der Waals surface area (Å²) in [6.45, 7) is 7.09. The van der Waals surface area contributed by atoms with E-state index in [-0.39, 0.29) is 0 Å². The van der Waals surface area contributed by atoms with E-state index in [1.54, 1.807) is 4.88 Å². The Hall–Kier alpha value is -0.300. The average molecular weight is 281 g/mol. The Kier molecular flexibility index (Phi) is 8.45. The topological polar surface area (TPSA) is 0 Å². The van der Waals surface area contributed by atoms with Crippen LogP contribution in [0.3, 0.4) is 0 Å². The zero-order valence-corrected chi connectivity index (χ0v) is 14.0. The van der Waals surface area contributed by atoms with E-state index in [9.17, 15) is 0 Å². The van der Waals surface area contributed by atoms with E-state index in [0.717, 1.165) is 0 Å². The first-order chi connectivity index (χ1) is 9.23. The summed E-state index contributed by atoms with van der Waals surface area (Å²) in [6, 6.07) is 4.57. The summed E-state index contributed by atoms with van der Waals surface area (Å²) < 4.78 is 0. The molecular weight excluding hydrogens is 248 g/mol. The molecule has 1 atom stereocenters. The Balaban J connectivity index is 2.45. The minimum absolute atomic E-state index is 0.440. The lowest BCUT2D eigenvalue weighted by molar-refractivity contribution is 0.371. The second-order valence-corrected chi connectivity index (χ2v) is 7.11. The molecule has 0 spiro atoms. The smallest absolute Gasteiger partial charge is 0.0104 e. The van der Waals surface area contributed by atoms with Gasteiger partial charge in [0.25, 0.3) is 0 Å². The minimum atomic E-state index is 0.440. The molecule has 1 heteroatoms. The van der Waals surface area contributed by atoms with Gasteiger partial charge < -0.3 is 0 Å². The maximum absolute atomic E-state index is 2.49. The molecule has 1 aromatic rings. The molecule has 1 unspecified atom stereocenters. The zero-order chi connectivity index (χ0) is 14.0. The van der Waals surface area contributed by atoms with E-state index in [2.05, 4.69) is 38.3 Å². The zero-order valence-electron chi connectivity index (χ0n) is 13.2. The van der Waals surface area contributed by atoms with E-state index >= 15 is 0 Å². The van der Waals surface area contributed by atoms with E-state index in [0.29, 0.717) is 5.41 Å². The van der Waals surface area contributed by atoms with Crippen molar-refractivity contribution < 1.29 is 0 Å². The maximum Gasteiger partial charge on any atom is 0.0104 e. The summed E-state index contributed by atoms with van der Waals surface area (Å²) in [5.74, 6) is 0. The van der Waals surface area contributed by atoms with Gasteiger partial charge in [-0.3, -0.25) is 0 Å². The summed E-state index contributed by atoms with van der Waals surface area (Å²) in [7, 11) is 0. The van der Waals surface area contributed by atoms with Crippen molar-refractivity contribution in [2.24, 2.45) is 0 Å². The van der Waals surface area contributed by atoms with E-state index in [1.165, 1.54) is 64.2 Å². The highest BCUT2D eigenvalue weighted by Gasteiger charge is 2.26. The van der Waals surface area contributed by atoms with Gasteiger partial charge in [-0.15, -0.1) is 11.3 Å². The molecule has 1 rings (SSSR count). The third-order valence-electron chi connectivity index (χ3n) is 4.28. The quantitative estimate of drug-likeness (QED) is 0.385. The van der Waals surface area contributed by atoms with Crippen molar-refractivity contribution >= 4 is 11.3 Å². The van der Waals surface area contributed by atoms with Crippen molar-refractivity contribution in [2.45, 2.75) is 90.4 Å². The first-order valence-corrected chi connectivity index (χ1v) is 9.15. The molecule has 0 fully saturated rings. The second-order valence-electron chi connectivity index (χ2n) is 6.16. The summed E-state index contributed by atoms with van der Waals surface area (Å²) >= 11 is 1.96. The largest absolute Gasteiger partial charge is 0.148 e. The van der Waals surface area contributed by atoms with Gasteiger partial charge in [-0.1, -0.05) is 78.2 Å². The fraction of sp³-hybridized carbons (Fsp3) is 0.778. The highest BCUT2D eigenvalue weighted by atomic mass is 32.1. The van der Waals surface area contributed by atoms with Crippen molar-refractivity contribution in [1.29, 1.82) is 0 Å². The minimum Gasteiger partial charge on any atom is -0.148 e. The molecule has 0 aliphatic rings. The van der Waals surface area contributed by atoms with Gasteiger partial charge in [0, 0.05) is 10.3 Å². The first kappa shape index (κ1) is 16.8. The Morgan fingerprint density at radius 3 is 2.05 bits per heavy atom. The van der Waals surface area contributed by atoms with Crippen LogP contribution in [0.2, 0.25) is 0 Å². The normalized spacial score (nSPS) is 14.5. The maximum atomic E-state index is 2.49. The van der Waals surface area contributed by atoms with Gasteiger partial charge >= 0.3 is 0 Å². The van der Waals surface area contributed by atoms with Crippen LogP contribution in [0.4, 0.5) is 0 Å². The Morgan fingerprint density at radius 2 is 1.47 bits per heavy atom. The number of rotatable bonds is 11. The van der Waals surface area contributed by atoms with Crippen molar-refractivity contribution in [2.75, 3.05) is 0 Å². The fourth-order valence-corrected chi connectivity index (χ4v) is 3.83. The summed E-state index contributed by atoms with van der Waals surface area (Å²) in [6.07, 6.45) is 13.9. The molecule has 19 heavy (non-hydrogen) atoms. The fourth-order valence-electron chi connectivity index (χ4n) is 2.88. The molecule has 0 saturated heterocycles. The highest BCUT2D eigenvalue weighted by molar-refractivity contribution is 7.10. The SMILES string of the molecule is CCCCCCCC(C)(CCCCC)c1cccs1. The number of unbranched alkanes of at least 4 members (excludes halogenated alkanes) is 6. The molecule has 0 aliphatic carbocycles. The third kappa shape index (κ3) is 6.12. The van der Waals surface area contributed by atoms with Gasteiger partial charge in [-0.25, -0.2) is 0 Å². The number of hydrogen-bond acceptors (Lipinski definition) is 1. The second kappa shape index (κ2) is 9.58. The Bertz CT molecular complexity index is 302. The molecular formula is C18H32S. The lowest BCUT2D eigenvalue weighted by Gasteiger charge is -2.29. The van der Waals surface area contributed by atoms with Crippen LogP contribution in [0.5, 0.6) is 0 Å². The van der Waals surface area contributed by atoms with Crippen LogP contribution < -0.4 is 0 Å². The van der Waals surface area contributed by atoms with Crippen molar-refractivity contribution in [1.82, 2.24) is 0 Å². The number of hydrogen-bond donors (Lipinski definition) is 0. The Morgan fingerprint density at radius 1 is 0.895 bits per heavy atom. The van der Waals surface area contributed by atoms with Crippen LogP contribution >= 0.6 is 11.3 Å². The monoisotopic (exact) mass is 280 g/mol. The van der Waals surface area contributed by atoms with Crippen LogP contribution in [0.1, 0.15) is 89.9 Å². The molecule has 0 bridgehead atoms. The summed E-state index contributed by atoms with van der Waals surface area (Å²) in [4.78, 5) is 1.61. The van der Waals surface area contributed by atoms with Crippen LogP contribution in [0.25, 0.3) is 0 Å². The van der Waals surface area contributed by atoms with Gasteiger partial charge in [-0.05, 0) is 24.3 Å². The third-order valence-corrected chi connectivity index (χ3v) is 5.46. The molecule has 1 heterocycles. The number of thiophene rings is 1. The van der Waals surface area contributed by atoms with Crippen LogP contribution in [0.15, 0.2) is 17.5 Å². The average Bonchev–Trinajstić information content (AvgIpc) is 2.93. The molecule has 0 N–H and O–H groups in total. The molecule has 0 amide bonds. The van der Waals surface area contributed by atoms with Gasteiger partial charge in [0.1, 0.15) is 0 Å². The molecule has 110 valence electrons. The lowest BCUT2D eigenvalue weighted by Crippen LogP contribution is -2.20. The van der Waals surface area contributed by atoms with Gasteiger partial charge in [-0.2, -0.15) is 0 Å². The van der Waals surface area contributed by atoms with Crippen LogP contribution in [0, 0.1) is 0 Å². The highest BCUT2D eigenvalue weighted by Crippen LogP contribution is 2.37. The van der Waals surface area contributed by atoms with Crippen LogP contribution in [-0.4, -0.2) is 0 Å². The predicted octanol–water partition coefficient (Wildman–Crippen LogP) is 6.95. The molecule has 0 nitrogen and oxygen atoms in total. The molecule has 0 radical (unpaired) electrons. The summed E-state index contributed by atoms with van der Waals surface area (Å²) in [5, 5.41) is 2.24. The van der Waals surface area contributed by atoms with Crippen molar-refractivity contribution in [3.63, 3.8) is 0 Å². The molecule has 0 aromatic carbocycles.